The molecule has 30 heavy (non-hydrogen) atoms. The number of carbonyl (C=O) groups excluding carboxylic acids is 1. The van der Waals surface area contributed by atoms with Crippen molar-refractivity contribution >= 4 is 49.2 Å². The largest absolute Gasteiger partial charge is 0.465 e. The summed E-state index contributed by atoms with van der Waals surface area (Å²) in [6.07, 6.45) is 0. The van der Waals surface area contributed by atoms with Crippen LogP contribution >= 0.6 is 23.2 Å². The molecule has 2 aromatic rings. The number of carbonyl (C=O) groups is 1. The number of hydrogen-bond acceptors (Lipinski definition) is 6. The zero-order valence-corrected chi connectivity index (χ0v) is 18.9. The van der Waals surface area contributed by atoms with Crippen molar-refractivity contribution in [2.45, 2.75) is 9.79 Å². The summed E-state index contributed by atoms with van der Waals surface area (Å²) in [5, 5.41) is 0.175. The Kier molecular flexibility index (Phi) is 6.75. The lowest BCUT2D eigenvalue weighted by molar-refractivity contribution is 0.0600. The van der Waals surface area contributed by atoms with Crippen molar-refractivity contribution in [2.24, 2.45) is 0 Å². The van der Waals surface area contributed by atoms with Crippen LogP contribution in [0, 0.1) is 0 Å². The first-order valence-corrected chi connectivity index (χ1v) is 12.3. The molecule has 0 spiro atoms. The fraction of sp³-hybridized carbons (Fsp3) is 0.278. The zero-order chi connectivity index (χ0) is 22.1. The topological polar surface area (TPSA) is 101 Å². The molecule has 0 bridgehead atoms. The van der Waals surface area contributed by atoms with Crippen LogP contribution in [0.25, 0.3) is 0 Å². The third-order valence-electron chi connectivity index (χ3n) is 4.60. The number of esters is 1. The third-order valence-corrected chi connectivity index (χ3v) is 9.11. The Hall–Kier alpha value is -1.69. The zero-order valence-electron chi connectivity index (χ0n) is 15.8. The predicted octanol–water partition coefficient (Wildman–Crippen LogP) is 2.48. The van der Waals surface area contributed by atoms with E-state index in [0.29, 0.717) is 5.02 Å². The van der Waals surface area contributed by atoms with Gasteiger partial charge in [0.1, 0.15) is 4.90 Å². The normalized spacial score (nSPS) is 16.4. The Bertz CT molecular complexity index is 1180. The van der Waals surface area contributed by atoms with Gasteiger partial charge >= 0.3 is 5.97 Å². The molecule has 0 aromatic heterocycles. The molecule has 1 heterocycles. The highest BCUT2D eigenvalue weighted by atomic mass is 35.5. The summed E-state index contributed by atoms with van der Waals surface area (Å²) < 4.78 is 58.5. The van der Waals surface area contributed by atoms with Gasteiger partial charge in [0.25, 0.3) is 0 Å². The molecule has 0 radical (unpaired) electrons. The summed E-state index contributed by atoms with van der Waals surface area (Å²) in [7, 11) is -6.56. The van der Waals surface area contributed by atoms with Crippen LogP contribution in [0.3, 0.4) is 0 Å². The number of halogens is 2. The summed E-state index contributed by atoms with van der Waals surface area (Å²) in [6, 6.07) is 9.66. The van der Waals surface area contributed by atoms with Crippen LogP contribution in [0.1, 0.15) is 10.4 Å². The Morgan fingerprint density at radius 2 is 1.50 bits per heavy atom. The Morgan fingerprint density at radius 3 is 2.03 bits per heavy atom. The second-order valence-electron chi connectivity index (χ2n) is 6.40. The van der Waals surface area contributed by atoms with E-state index in [4.69, 9.17) is 23.2 Å². The monoisotopic (exact) mass is 492 g/mol. The lowest BCUT2D eigenvalue weighted by atomic mass is 10.2. The molecule has 0 atom stereocenters. The van der Waals surface area contributed by atoms with Gasteiger partial charge < -0.3 is 4.74 Å². The maximum atomic E-state index is 13.0. The molecule has 0 aliphatic carbocycles. The number of methoxy groups -OCH3 is 1. The smallest absolute Gasteiger partial charge is 0.337 e. The predicted molar refractivity (Wildman–Crippen MR) is 112 cm³/mol. The van der Waals surface area contributed by atoms with Gasteiger partial charge in [-0.2, -0.15) is 8.61 Å². The van der Waals surface area contributed by atoms with Crippen LogP contribution in [0.4, 0.5) is 0 Å². The van der Waals surface area contributed by atoms with Gasteiger partial charge in [-0.15, -0.1) is 0 Å². The molecule has 0 amide bonds. The second kappa shape index (κ2) is 8.81. The molecule has 0 N–H and O–H groups in total. The van der Waals surface area contributed by atoms with Crippen LogP contribution < -0.4 is 0 Å². The average molecular weight is 493 g/mol. The molecule has 12 heteroatoms. The van der Waals surface area contributed by atoms with Crippen molar-refractivity contribution < 1.29 is 26.4 Å². The van der Waals surface area contributed by atoms with Gasteiger partial charge in [-0.1, -0.05) is 29.3 Å². The van der Waals surface area contributed by atoms with E-state index < -0.39 is 26.0 Å². The number of sulfonamides is 2. The van der Waals surface area contributed by atoms with E-state index in [1.165, 1.54) is 47.8 Å². The molecule has 2 aromatic carbocycles. The molecule has 0 saturated carbocycles. The van der Waals surface area contributed by atoms with Crippen molar-refractivity contribution in [3.8, 4) is 0 Å². The molecular weight excluding hydrogens is 475 g/mol. The first-order chi connectivity index (χ1) is 14.1. The Balaban J connectivity index is 1.78. The van der Waals surface area contributed by atoms with Crippen molar-refractivity contribution in [2.75, 3.05) is 33.3 Å². The van der Waals surface area contributed by atoms with Gasteiger partial charge in [-0.05, 0) is 36.4 Å². The van der Waals surface area contributed by atoms with Gasteiger partial charge in [-0.3, -0.25) is 0 Å². The molecule has 3 rings (SSSR count). The average Bonchev–Trinajstić information content (AvgIpc) is 2.73. The van der Waals surface area contributed by atoms with Crippen LogP contribution in [0.2, 0.25) is 10.0 Å². The van der Waals surface area contributed by atoms with Gasteiger partial charge in [0.2, 0.25) is 20.0 Å². The van der Waals surface area contributed by atoms with E-state index >= 15 is 0 Å². The first-order valence-electron chi connectivity index (χ1n) is 8.71. The minimum atomic E-state index is -3.98. The fourth-order valence-corrected chi connectivity index (χ4v) is 6.69. The minimum absolute atomic E-state index is 0.0219. The van der Waals surface area contributed by atoms with Crippen molar-refractivity contribution in [3.63, 3.8) is 0 Å². The minimum Gasteiger partial charge on any atom is -0.465 e. The maximum Gasteiger partial charge on any atom is 0.337 e. The molecule has 1 saturated heterocycles. The SMILES string of the molecule is COC(=O)c1ccc(S(=O)(=O)N2CCN(S(=O)(=O)c3cccc(Cl)c3)CC2)c(Cl)c1. The molecular formula is C18H18Cl2N2O6S2. The number of piperazine rings is 1. The van der Waals surface area contributed by atoms with Crippen LogP contribution in [-0.2, 0) is 24.8 Å². The van der Waals surface area contributed by atoms with Crippen molar-refractivity contribution in [1.82, 2.24) is 8.61 Å². The fourth-order valence-electron chi connectivity index (χ4n) is 3.02. The maximum absolute atomic E-state index is 13.0. The number of ether oxygens (including phenoxy) is 1. The summed E-state index contributed by atoms with van der Waals surface area (Å²) in [6.45, 7) is -0.133. The lowest BCUT2D eigenvalue weighted by Crippen LogP contribution is -2.50. The Labute approximate surface area is 185 Å². The van der Waals surface area contributed by atoms with E-state index in [1.54, 1.807) is 6.07 Å². The number of hydrogen-bond donors (Lipinski definition) is 0. The van der Waals surface area contributed by atoms with Crippen molar-refractivity contribution in [3.05, 3.63) is 58.1 Å². The summed E-state index contributed by atoms with van der Waals surface area (Å²) in [5.74, 6) is -0.638. The molecule has 8 nitrogen and oxygen atoms in total. The highest BCUT2D eigenvalue weighted by Gasteiger charge is 2.34. The van der Waals surface area contributed by atoms with Crippen LogP contribution in [0.15, 0.2) is 52.3 Å². The van der Waals surface area contributed by atoms with E-state index in [2.05, 4.69) is 4.74 Å². The lowest BCUT2D eigenvalue weighted by Gasteiger charge is -2.33. The van der Waals surface area contributed by atoms with E-state index in [1.807, 2.05) is 0 Å². The molecule has 1 aliphatic rings. The number of rotatable bonds is 5. The van der Waals surface area contributed by atoms with Gasteiger partial charge in [-0.25, -0.2) is 21.6 Å². The Morgan fingerprint density at radius 1 is 0.900 bits per heavy atom. The van der Waals surface area contributed by atoms with Gasteiger partial charge in [0, 0.05) is 31.2 Å². The first kappa shape index (κ1) is 23.0. The van der Waals surface area contributed by atoms with E-state index in [-0.39, 0.29) is 46.6 Å². The number of nitrogens with zero attached hydrogens (tertiary/aromatic N) is 2. The van der Waals surface area contributed by atoms with Crippen LogP contribution in [0.5, 0.6) is 0 Å². The molecule has 1 aliphatic heterocycles. The van der Waals surface area contributed by atoms with Gasteiger partial charge in [0.15, 0.2) is 0 Å². The van der Waals surface area contributed by atoms with E-state index in [0.717, 1.165) is 4.31 Å². The molecule has 162 valence electrons. The van der Waals surface area contributed by atoms with Crippen LogP contribution in [-0.4, -0.2) is 64.7 Å². The van der Waals surface area contributed by atoms with Gasteiger partial charge in [0.05, 0.1) is 22.6 Å². The highest BCUT2D eigenvalue weighted by molar-refractivity contribution is 7.89. The summed E-state index contributed by atoms with van der Waals surface area (Å²) >= 11 is 12.0. The van der Waals surface area contributed by atoms with Crippen molar-refractivity contribution in [1.29, 1.82) is 0 Å². The summed E-state index contributed by atoms with van der Waals surface area (Å²) in [5.41, 5.74) is 0.124. The molecule has 1 fully saturated rings. The summed E-state index contributed by atoms with van der Waals surface area (Å²) in [4.78, 5) is 11.5. The van der Waals surface area contributed by atoms with E-state index in [9.17, 15) is 21.6 Å². The quantitative estimate of drug-likeness (QED) is 0.594. The third kappa shape index (κ3) is 4.48. The second-order valence-corrected chi connectivity index (χ2v) is 11.1. The standard InChI is InChI=1S/C18H18Cl2N2O6S2/c1-28-18(23)13-5-6-17(16(20)11-13)30(26,27)22-9-7-21(8-10-22)29(24,25)15-4-2-3-14(19)12-15/h2-6,11-12H,7-10H2,1H3. The number of benzene rings is 2. The molecule has 0 unspecified atom stereocenters. The highest BCUT2D eigenvalue weighted by Crippen LogP contribution is 2.28.